The van der Waals surface area contributed by atoms with Gasteiger partial charge in [0.1, 0.15) is 6.61 Å². The number of methoxy groups -OCH3 is 2. The molecule has 4 N–H and O–H groups in total. The smallest absolute Gasteiger partial charge is 0.343 e. The van der Waals surface area contributed by atoms with Crippen LogP contribution in [0.1, 0.15) is 37.9 Å². The van der Waals surface area contributed by atoms with Crippen LogP contribution < -0.4 is 35.0 Å². The van der Waals surface area contributed by atoms with Gasteiger partial charge in [-0.1, -0.05) is 6.07 Å². The van der Waals surface area contributed by atoms with Crippen molar-refractivity contribution < 1.29 is 47.9 Å². The van der Waals surface area contributed by atoms with Crippen LogP contribution in [-0.2, 0) is 19.1 Å². The van der Waals surface area contributed by atoms with E-state index in [-0.39, 0.29) is 18.8 Å². The summed E-state index contributed by atoms with van der Waals surface area (Å²) >= 11 is 0. The maximum atomic E-state index is 12.4. The highest BCUT2D eigenvalue weighted by molar-refractivity contribution is 5.95. The molecule has 2 atom stereocenters. The van der Waals surface area contributed by atoms with Crippen LogP contribution in [0.15, 0.2) is 52.8 Å². The van der Waals surface area contributed by atoms with E-state index in [1.54, 1.807) is 50.2 Å². The van der Waals surface area contributed by atoms with Crippen LogP contribution in [0.2, 0.25) is 0 Å². The Kier molecular flexibility index (Phi) is 12.0. The normalized spacial score (nSPS) is 15.2. The lowest BCUT2D eigenvalue weighted by atomic mass is 9.95. The third-order valence-electron chi connectivity index (χ3n) is 5.95. The summed E-state index contributed by atoms with van der Waals surface area (Å²) < 4.78 is 32.0. The Morgan fingerprint density at radius 2 is 1.65 bits per heavy atom. The fourth-order valence-electron chi connectivity index (χ4n) is 4.01. The number of nitrogens with one attached hydrogen (secondary N) is 3. The van der Waals surface area contributed by atoms with Crippen LogP contribution >= 0.6 is 0 Å². The summed E-state index contributed by atoms with van der Waals surface area (Å²) in [5.74, 6) is 0.368. The van der Waals surface area contributed by atoms with Crippen LogP contribution in [0.25, 0.3) is 0 Å². The van der Waals surface area contributed by atoms with E-state index in [2.05, 4.69) is 25.9 Å². The van der Waals surface area contributed by atoms with E-state index in [9.17, 15) is 19.5 Å². The van der Waals surface area contributed by atoms with Gasteiger partial charge >= 0.3 is 18.0 Å². The van der Waals surface area contributed by atoms with Crippen LogP contribution in [-0.4, -0.2) is 76.2 Å². The molecule has 0 unspecified atom stereocenters. The van der Waals surface area contributed by atoms with Gasteiger partial charge < -0.3 is 44.2 Å². The molecule has 0 aliphatic carbocycles. The van der Waals surface area contributed by atoms with Crippen molar-refractivity contribution in [1.82, 2.24) is 16.1 Å². The highest BCUT2D eigenvalue weighted by atomic mass is 16.6. The number of carbonyl (C=O) groups is 3. The zero-order chi connectivity index (χ0) is 31.4. The van der Waals surface area contributed by atoms with Crippen LogP contribution in [0.5, 0.6) is 23.0 Å². The van der Waals surface area contributed by atoms with Crippen LogP contribution in [0, 0.1) is 0 Å². The summed E-state index contributed by atoms with van der Waals surface area (Å²) in [6, 6.07) is 8.73. The Hall–Kier alpha value is -4.98. The molecule has 3 rings (SSSR count). The number of carbonyl (C=O) groups excluding carboxylic acids is 3. The Bertz CT molecular complexity index is 1360. The van der Waals surface area contributed by atoms with Gasteiger partial charge in [0.2, 0.25) is 0 Å². The molecule has 232 valence electrons. The molecule has 0 aromatic heterocycles. The molecular formula is C29H36N4O10. The molecule has 0 fully saturated rings. The van der Waals surface area contributed by atoms with Gasteiger partial charge in [0, 0.05) is 5.70 Å². The van der Waals surface area contributed by atoms with Crippen molar-refractivity contribution in [3.63, 3.8) is 0 Å². The Morgan fingerprint density at radius 1 is 0.977 bits per heavy atom. The number of allylic oxidation sites excluding steroid dienone is 1. The molecule has 0 saturated carbocycles. The number of urea groups is 1. The highest BCUT2D eigenvalue weighted by Gasteiger charge is 2.32. The number of esters is 2. The number of hydrogen-bond donors (Lipinski definition) is 4. The first kappa shape index (κ1) is 32.5. The predicted octanol–water partition coefficient (Wildman–Crippen LogP) is 2.16. The Balaban J connectivity index is 1.65. The molecule has 43 heavy (non-hydrogen) atoms. The fraction of sp³-hybridized carbons (Fsp3) is 0.379. The molecular weight excluding hydrogens is 564 g/mol. The predicted molar refractivity (Wildman–Crippen MR) is 154 cm³/mol. The lowest BCUT2D eigenvalue weighted by molar-refractivity contribution is -0.143. The van der Waals surface area contributed by atoms with Crippen molar-refractivity contribution in [2.24, 2.45) is 5.10 Å². The SMILES string of the molecule is CCOc1cc(/C=N\N[C@H](O)COc2ccc([C@@H]3NC(=O)NC(C)=C3C(=O)OC)cc2OCC)ccc1OCC(=O)OC. The largest absolute Gasteiger partial charge is 0.490 e. The molecule has 2 amide bonds. The third kappa shape index (κ3) is 9.00. The Labute approximate surface area is 248 Å². The van der Waals surface area contributed by atoms with Gasteiger partial charge in [0.25, 0.3) is 0 Å². The van der Waals surface area contributed by atoms with Gasteiger partial charge in [-0.3, -0.25) is 5.43 Å². The minimum Gasteiger partial charge on any atom is -0.490 e. The van der Waals surface area contributed by atoms with E-state index in [0.717, 1.165) is 0 Å². The first-order chi connectivity index (χ1) is 20.7. The molecule has 0 bridgehead atoms. The summed E-state index contributed by atoms with van der Waals surface area (Å²) in [5, 5.41) is 19.7. The van der Waals surface area contributed by atoms with E-state index in [0.29, 0.717) is 53.0 Å². The molecule has 1 heterocycles. The molecule has 0 saturated heterocycles. The maximum absolute atomic E-state index is 12.4. The van der Waals surface area contributed by atoms with E-state index in [1.807, 2.05) is 6.92 Å². The number of benzene rings is 2. The van der Waals surface area contributed by atoms with E-state index < -0.39 is 30.2 Å². The van der Waals surface area contributed by atoms with E-state index >= 15 is 0 Å². The number of nitrogens with zero attached hydrogens (tertiary/aromatic N) is 1. The van der Waals surface area contributed by atoms with Crippen molar-refractivity contribution in [2.45, 2.75) is 33.0 Å². The van der Waals surface area contributed by atoms with Gasteiger partial charge in [-0.25, -0.2) is 14.4 Å². The zero-order valence-corrected chi connectivity index (χ0v) is 24.6. The van der Waals surface area contributed by atoms with Crippen LogP contribution in [0.3, 0.4) is 0 Å². The number of hydrazone groups is 1. The van der Waals surface area contributed by atoms with Crippen molar-refractivity contribution >= 4 is 24.2 Å². The zero-order valence-electron chi connectivity index (χ0n) is 24.6. The first-order valence-corrected chi connectivity index (χ1v) is 13.4. The molecule has 14 nitrogen and oxygen atoms in total. The number of aliphatic hydroxyl groups excluding tert-OH is 1. The molecule has 0 radical (unpaired) electrons. The summed E-state index contributed by atoms with van der Waals surface area (Å²) in [7, 11) is 2.54. The fourth-order valence-corrected chi connectivity index (χ4v) is 4.01. The minimum atomic E-state index is -1.18. The molecule has 1 aliphatic heterocycles. The van der Waals surface area contributed by atoms with Gasteiger partial charge in [-0.15, -0.1) is 0 Å². The second kappa shape index (κ2) is 15.9. The summed E-state index contributed by atoms with van der Waals surface area (Å²) in [5.41, 5.74) is 4.43. The van der Waals surface area contributed by atoms with Crippen molar-refractivity contribution in [3.8, 4) is 23.0 Å². The summed E-state index contributed by atoms with van der Waals surface area (Å²) in [4.78, 5) is 35.9. The second-order valence-electron chi connectivity index (χ2n) is 8.92. The lowest BCUT2D eigenvalue weighted by Gasteiger charge is -2.28. The van der Waals surface area contributed by atoms with Crippen molar-refractivity contribution in [1.29, 1.82) is 0 Å². The average Bonchev–Trinajstić information content (AvgIpc) is 2.99. The molecule has 0 spiro atoms. The number of ether oxygens (including phenoxy) is 6. The molecule has 1 aliphatic rings. The number of aliphatic hydroxyl groups is 1. The van der Waals surface area contributed by atoms with Gasteiger partial charge in [-0.2, -0.15) is 5.10 Å². The highest BCUT2D eigenvalue weighted by Crippen LogP contribution is 2.35. The third-order valence-corrected chi connectivity index (χ3v) is 5.95. The first-order valence-electron chi connectivity index (χ1n) is 13.4. The van der Waals surface area contributed by atoms with Gasteiger partial charge in [0.05, 0.1) is 45.3 Å². The van der Waals surface area contributed by atoms with E-state index in [4.69, 9.17) is 23.7 Å². The molecule has 14 heteroatoms. The second-order valence-corrected chi connectivity index (χ2v) is 8.92. The van der Waals surface area contributed by atoms with E-state index in [1.165, 1.54) is 20.4 Å². The number of rotatable bonds is 15. The topological polar surface area (TPSA) is 175 Å². The van der Waals surface area contributed by atoms with Crippen molar-refractivity contribution in [3.05, 3.63) is 58.8 Å². The Morgan fingerprint density at radius 3 is 2.33 bits per heavy atom. The molecule has 2 aromatic rings. The van der Waals surface area contributed by atoms with Gasteiger partial charge in [0.15, 0.2) is 35.8 Å². The average molecular weight is 601 g/mol. The van der Waals surface area contributed by atoms with Crippen LogP contribution in [0.4, 0.5) is 4.79 Å². The number of amides is 2. The minimum absolute atomic E-state index is 0.183. The standard InChI is InChI=1S/C29H36N4O10/c1-6-40-22-12-18(8-10-20(22)43-16-25(35)38-4)14-30-33-24(34)15-42-21-11-9-19(13-23(21)41-7-2)27-26(28(36)39-5)17(3)31-29(37)32-27/h8-14,24,27,33-34H,6-7,15-16H2,1-5H3,(H2,31,32,37)/b30-14-/t24-,27+/m1/s1. The maximum Gasteiger partial charge on any atom is 0.343 e. The summed E-state index contributed by atoms with van der Waals surface area (Å²) in [6.45, 7) is 5.48. The monoisotopic (exact) mass is 600 g/mol. The molecule has 2 aromatic carbocycles. The lowest BCUT2D eigenvalue weighted by Crippen LogP contribution is -2.45. The van der Waals surface area contributed by atoms with Gasteiger partial charge in [-0.05, 0) is 62.2 Å². The quantitative estimate of drug-likeness (QED) is 0.102. The number of hydrogen-bond acceptors (Lipinski definition) is 12. The van der Waals surface area contributed by atoms with Crippen molar-refractivity contribution in [2.75, 3.05) is 40.6 Å². The summed E-state index contributed by atoms with van der Waals surface area (Å²) in [6.07, 6.45) is 0.289.